The lowest BCUT2D eigenvalue weighted by Crippen LogP contribution is -2.23. The van der Waals surface area contributed by atoms with Crippen molar-refractivity contribution in [2.75, 3.05) is 0 Å². The van der Waals surface area contributed by atoms with Gasteiger partial charge in [-0.2, -0.15) is 0 Å². The monoisotopic (exact) mass is 149 g/mol. The van der Waals surface area contributed by atoms with Gasteiger partial charge in [-0.05, 0) is 25.7 Å². The molecule has 0 heterocycles. The van der Waals surface area contributed by atoms with Crippen LogP contribution in [0.3, 0.4) is 0 Å². The van der Waals surface area contributed by atoms with Crippen LogP contribution in [0, 0.1) is 12.3 Å². The van der Waals surface area contributed by atoms with Crippen LogP contribution >= 0.6 is 0 Å². The summed E-state index contributed by atoms with van der Waals surface area (Å²) in [6.07, 6.45) is 12.7. The van der Waals surface area contributed by atoms with E-state index in [1.165, 1.54) is 24.8 Å². The highest BCUT2D eigenvalue weighted by Gasteiger charge is 2.11. The highest BCUT2D eigenvalue weighted by atomic mass is 14.6. The molecule has 0 aliphatic heterocycles. The Morgan fingerprint density at radius 3 is 3.18 bits per heavy atom. The molecule has 0 aromatic rings. The third-order valence-corrected chi connectivity index (χ3v) is 2.11. The first-order valence-electron chi connectivity index (χ1n) is 4.20. The molecule has 1 saturated carbocycles. The Kier molecular flexibility index (Phi) is 3.19. The Bertz CT molecular complexity index is 186. The second kappa shape index (κ2) is 4.20. The van der Waals surface area contributed by atoms with E-state index in [0.29, 0.717) is 6.04 Å². The van der Waals surface area contributed by atoms with Crippen molar-refractivity contribution in [3.8, 4) is 12.3 Å². The average molecular weight is 149 g/mol. The highest BCUT2D eigenvalue weighted by molar-refractivity contribution is 5.10. The van der Waals surface area contributed by atoms with E-state index in [1.54, 1.807) is 0 Å². The van der Waals surface area contributed by atoms with Crippen LogP contribution in [0.25, 0.3) is 0 Å². The SMILES string of the molecule is C#CCC=C1CCCC(N)C1. The minimum Gasteiger partial charge on any atom is -0.327 e. The molecule has 1 aliphatic rings. The van der Waals surface area contributed by atoms with Crippen molar-refractivity contribution < 1.29 is 0 Å². The van der Waals surface area contributed by atoms with Crippen LogP contribution in [0.1, 0.15) is 32.1 Å². The topological polar surface area (TPSA) is 26.0 Å². The van der Waals surface area contributed by atoms with Crippen molar-refractivity contribution in [1.82, 2.24) is 0 Å². The van der Waals surface area contributed by atoms with E-state index in [2.05, 4.69) is 12.0 Å². The highest BCUT2D eigenvalue weighted by Crippen LogP contribution is 2.22. The van der Waals surface area contributed by atoms with Gasteiger partial charge in [-0.25, -0.2) is 0 Å². The largest absolute Gasteiger partial charge is 0.327 e. The van der Waals surface area contributed by atoms with Crippen LogP contribution in [-0.2, 0) is 0 Å². The minimum atomic E-state index is 0.382. The van der Waals surface area contributed by atoms with Gasteiger partial charge in [-0.15, -0.1) is 12.3 Å². The smallest absolute Gasteiger partial charge is 0.0269 e. The number of hydrogen-bond acceptors (Lipinski definition) is 1. The van der Waals surface area contributed by atoms with Crippen molar-refractivity contribution in [2.45, 2.75) is 38.1 Å². The van der Waals surface area contributed by atoms with E-state index < -0.39 is 0 Å². The molecule has 11 heavy (non-hydrogen) atoms. The molecule has 60 valence electrons. The van der Waals surface area contributed by atoms with Crippen molar-refractivity contribution in [1.29, 1.82) is 0 Å². The summed E-state index contributed by atoms with van der Waals surface area (Å²) in [6, 6.07) is 0.382. The Labute approximate surface area is 68.7 Å². The predicted octanol–water partition coefficient (Wildman–Crippen LogP) is 1.84. The lowest BCUT2D eigenvalue weighted by atomic mass is 9.91. The maximum atomic E-state index is 5.80. The molecular weight excluding hydrogens is 134 g/mol. The number of rotatable bonds is 1. The van der Waals surface area contributed by atoms with Crippen LogP contribution in [0.2, 0.25) is 0 Å². The summed E-state index contributed by atoms with van der Waals surface area (Å²) in [4.78, 5) is 0. The van der Waals surface area contributed by atoms with Gasteiger partial charge in [0.15, 0.2) is 0 Å². The van der Waals surface area contributed by atoms with Crippen LogP contribution in [0.4, 0.5) is 0 Å². The summed E-state index contributed by atoms with van der Waals surface area (Å²) >= 11 is 0. The third-order valence-electron chi connectivity index (χ3n) is 2.11. The van der Waals surface area contributed by atoms with Crippen molar-refractivity contribution in [3.63, 3.8) is 0 Å². The molecule has 1 unspecified atom stereocenters. The van der Waals surface area contributed by atoms with Crippen molar-refractivity contribution >= 4 is 0 Å². The molecule has 1 aliphatic carbocycles. The number of hydrogen-bond donors (Lipinski definition) is 1. The maximum Gasteiger partial charge on any atom is 0.0269 e. The molecular formula is C10H15N. The van der Waals surface area contributed by atoms with Crippen molar-refractivity contribution in [2.24, 2.45) is 5.73 Å². The zero-order valence-corrected chi connectivity index (χ0v) is 6.84. The predicted molar refractivity (Wildman–Crippen MR) is 48.0 cm³/mol. The lowest BCUT2D eigenvalue weighted by Gasteiger charge is -2.19. The first-order valence-corrected chi connectivity index (χ1v) is 4.20. The molecule has 2 N–H and O–H groups in total. The molecule has 0 radical (unpaired) electrons. The summed E-state index contributed by atoms with van der Waals surface area (Å²) in [5.74, 6) is 2.61. The molecule has 0 amide bonds. The van der Waals surface area contributed by atoms with E-state index in [-0.39, 0.29) is 0 Å². The quantitative estimate of drug-likeness (QED) is 0.447. The van der Waals surface area contributed by atoms with Gasteiger partial charge >= 0.3 is 0 Å². The molecule has 0 aromatic carbocycles. The van der Waals surface area contributed by atoms with Gasteiger partial charge in [0.1, 0.15) is 0 Å². The molecule has 0 bridgehead atoms. The van der Waals surface area contributed by atoms with Gasteiger partial charge in [0, 0.05) is 12.5 Å². The number of nitrogens with two attached hydrogens (primary N) is 1. The van der Waals surface area contributed by atoms with Crippen LogP contribution in [0.15, 0.2) is 11.6 Å². The normalized spacial score (nSPS) is 28.4. The molecule has 1 fully saturated rings. The summed E-state index contributed by atoms with van der Waals surface area (Å²) < 4.78 is 0. The molecule has 0 spiro atoms. The Balaban J connectivity index is 2.40. The summed E-state index contributed by atoms with van der Waals surface area (Å²) in [5, 5.41) is 0. The summed E-state index contributed by atoms with van der Waals surface area (Å²) in [5.41, 5.74) is 7.26. The molecule has 1 heteroatoms. The van der Waals surface area contributed by atoms with E-state index in [1.807, 2.05) is 0 Å². The van der Waals surface area contributed by atoms with E-state index in [9.17, 15) is 0 Å². The van der Waals surface area contributed by atoms with Crippen LogP contribution in [-0.4, -0.2) is 6.04 Å². The van der Waals surface area contributed by atoms with Gasteiger partial charge < -0.3 is 5.73 Å². The minimum absolute atomic E-state index is 0.382. The summed E-state index contributed by atoms with van der Waals surface area (Å²) in [7, 11) is 0. The molecule has 1 nitrogen and oxygen atoms in total. The van der Waals surface area contributed by atoms with E-state index in [0.717, 1.165) is 12.8 Å². The molecule has 1 rings (SSSR count). The van der Waals surface area contributed by atoms with Crippen LogP contribution in [0.5, 0.6) is 0 Å². The maximum absolute atomic E-state index is 5.80. The fourth-order valence-electron chi connectivity index (χ4n) is 1.52. The second-order valence-corrected chi connectivity index (χ2v) is 3.13. The zero-order chi connectivity index (χ0) is 8.10. The average Bonchev–Trinajstić information content (AvgIpc) is 2.01. The first-order chi connectivity index (χ1) is 5.33. The summed E-state index contributed by atoms with van der Waals surface area (Å²) in [6.45, 7) is 0. The molecule has 0 aromatic heterocycles. The van der Waals surface area contributed by atoms with Crippen LogP contribution < -0.4 is 5.73 Å². The van der Waals surface area contributed by atoms with E-state index in [4.69, 9.17) is 12.2 Å². The second-order valence-electron chi connectivity index (χ2n) is 3.13. The third kappa shape index (κ3) is 2.78. The first kappa shape index (κ1) is 8.36. The van der Waals surface area contributed by atoms with Gasteiger partial charge in [0.05, 0.1) is 0 Å². The van der Waals surface area contributed by atoms with Gasteiger partial charge in [0.25, 0.3) is 0 Å². The Morgan fingerprint density at radius 2 is 2.55 bits per heavy atom. The zero-order valence-electron chi connectivity index (χ0n) is 6.84. The van der Waals surface area contributed by atoms with E-state index >= 15 is 0 Å². The van der Waals surface area contributed by atoms with Gasteiger partial charge in [0.2, 0.25) is 0 Å². The molecule has 1 atom stereocenters. The standard InChI is InChI=1S/C10H15N/c1-2-3-5-9-6-4-7-10(11)8-9/h1,5,10H,3-4,6-8,11H2. The number of allylic oxidation sites excluding steroid dienone is 1. The van der Waals surface area contributed by atoms with Gasteiger partial charge in [-0.3, -0.25) is 0 Å². The van der Waals surface area contributed by atoms with Crippen molar-refractivity contribution in [3.05, 3.63) is 11.6 Å². The molecule has 0 saturated heterocycles. The fraction of sp³-hybridized carbons (Fsp3) is 0.600. The fourth-order valence-corrected chi connectivity index (χ4v) is 1.52. The van der Waals surface area contributed by atoms with Gasteiger partial charge in [-0.1, -0.05) is 11.6 Å². The lowest BCUT2D eigenvalue weighted by molar-refractivity contribution is 0.516. The Hall–Kier alpha value is -0.740. The Morgan fingerprint density at radius 1 is 1.73 bits per heavy atom. The number of terminal acetylenes is 1.